The molecular formula is C28H26FN3O6S2. The lowest BCUT2D eigenvalue weighted by atomic mass is 10.2. The summed E-state index contributed by atoms with van der Waals surface area (Å²) in [5.41, 5.74) is 1.45. The highest BCUT2D eigenvalue weighted by Gasteiger charge is 2.27. The number of benzene rings is 4. The van der Waals surface area contributed by atoms with Crippen LogP contribution in [0.5, 0.6) is 5.75 Å². The van der Waals surface area contributed by atoms with Gasteiger partial charge in [-0.15, -0.1) is 0 Å². The van der Waals surface area contributed by atoms with Crippen molar-refractivity contribution in [3.05, 3.63) is 108 Å². The lowest BCUT2D eigenvalue weighted by Gasteiger charge is -2.24. The minimum atomic E-state index is -4.17. The fraction of sp³-hybridized carbons (Fsp3) is 0.107. The Hall–Kier alpha value is -4.42. The van der Waals surface area contributed by atoms with E-state index in [2.05, 4.69) is 10.0 Å². The number of carbonyl (C=O) groups is 1. The van der Waals surface area contributed by atoms with Gasteiger partial charge in [0.2, 0.25) is 5.91 Å². The molecule has 1 amide bonds. The Bertz CT molecular complexity index is 1710. The number of sulfonamides is 2. The lowest BCUT2D eigenvalue weighted by Crippen LogP contribution is -2.38. The molecule has 4 rings (SSSR count). The molecule has 0 unspecified atom stereocenters. The van der Waals surface area contributed by atoms with Crippen LogP contribution in [0.3, 0.4) is 0 Å². The highest BCUT2D eigenvalue weighted by molar-refractivity contribution is 7.93. The van der Waals surface area contributed by atoms with Gasteiger partial charge >= 0.3 is 0 Å². The average Bonchev–Trinajstić information content (AvgIpc) is 2.93. The topological polar surface area (TPSA) is 122 Å². The van der Waals surface area contributed by atoms with E-state index < -0.39 is 38.3 Å². The minimum absolute atomic E-state index is 0.0422. The smallest absolute Gasteiger partial charge is 0.264 e. The van der Waals surface area contributed by atoms with Crippen molar-refractivity contribution in [3.8, 4) is 5.75 Å². The number of hydrogen-bond acceptors (Lipinski definition) is 6. The summed E-state index contributed by atoms with van der Waals surface area (Å²) < 4.78 is 74.7. The van der Waals surface area contributed by atoms with E-state index in [-0.39, 0.29) is 26.9 Å². The summed E-state index contributed by atoms with van der Waals surface area (Å²) >= 11 is 0. The second kappa shape index (κ2) is 11.8. The Morgan fingerprint density at radius 3 is 2.12 bits per heavy atom. The van der Waals surface area contributed by atoms with Crippen LogP contribution in [0.1, 0.15) is 5.56 Å². The van der Waals surface area contributed by atoms with Crippen LogP contribution < -0.4 is 19.1 Å². The summed E-state index contributed by atoms with van der Waals surface area (Å²) in [5.74, 6) is -0.896. The lowest BCUT2D eigenvalue weighted by molar-refractivity contribution is -0.114. The third-order valence-electron chi connectivity index (χ3n) is 5.78. The maximum atomic E-state index is 13.5. The number of hydrogen-bond donors (Lipinski definition) is 2. The van der Waals surface area contributed by atoms with Crippen molar-refractivity contribution in [2.45, 2.75) is 16.7 Å². The van der Waals surface area contributed by atoms with Gasteiger partial charge in [0, 0.05) is 5.69 Å². The van der Waals surface area contributed by atoms with E-state index in [1.165, 1.54) is 55.6 Å². The van der Waals surface area contributed by atoms with Crippen LogP contribution >= 0.6 is 0 Å². The normalized spacial score (nSPS) is 11.5. The molecule has 0 saturated carbocycles. The van der Waals surface area contributed by atoms with Gasteiger partial charge in [-0.1, -0.05) is 24.3 Å². The average molecular weight is 584 g/mol. The number of nitrogens with one attached hydrogen (secondary N) is 2. The Kier molecular flexibility index (Phi) is 8.40. The summed E-state index contributed by atoms with van der Waals surface area (Å²) in [6.07, 6.45) is 0. The van der Waals surface area contributed by atoms with Crippen molar-refractivity contribution in [1.82, 2.24) is 0 Å². The van der Waals surface area contributed by atoms with E-state index in [9.17, 15) is 26.0 Å². The van der Waals surface area contributed by atoms with Crippen LogP contribution in [0, 0.1) is 12.7 Å². The molecule has 208 valence electrons. The SMILES string of the molecule is COc1ccc(C)cc1NS(=O)(=O)c1ccc(NC(=O)CN(c2ccc(F)cc2)S(=O)(=O)c2ccccc2)cc1. The second-order valence-electron chi connectivity index (χ2n) is 8.68. The van der Waals surface area contributed by atoms with Crippen LogP contribution in [0.4, 0.5) is 21.5 Å². The molecule has 0 atom stereocenters. The Balaban J connectivity index is 1.52. The molecule has 0 fully saturated rings. The van der Waals surface area contributed by atoms with Gasteiger partial charge in [-0.3, -0.25) is 13.8 Å². The number of ether oxygens (including phenoxy) is 1. The molecule has 0 aliphatic rings. The molecule has 0 aromatic heterocycles. The quantitative estimate of drug-likeness (QED) is 0.277. The Morgan fingerprint density at radius 2 is 1.50 bits per heavy atom. The summed E-state index contributed by atoms with van der Waals surface area (Å²) in [4.78, 5) is 12.8. The predicted molar refractivity (Wildman–Crippen MR) is 151 cm³/mol. The first-order chi connectivity index (χ1) is 19.0. The van der Waals surface area contributed by atoms with Crippen molar-refractivity contribution in [1.29, 1.82) is 0 Å². The van der Waals surface area contributed by atoms with E-state index in [1.54, 1.807) is 36.4 Å². The maximum Gasteiger partial charge on any atom is 0.264 e. The van der Waals surface area contributed by atoms with Gasteiger partial charge in [0.25, 0.3) is 20.0 Å². The van der Waals surface area contributed by atoms with E-state index in [0.29, 0.717) is 5.75 Å². The predicted octanol–water partition coefficient (Wildman–Crippen LogP) is 4.78. The minimum Gasteiger partial charge on any atom is -0.495 e. The van der Waals surface area contributed by atoms with Crippen molar-refractivity contribution < 1.29 is 30.8 Å². The first kappa shape index (κ1) is 28.6. The third kappa shape index (κ3) is 6.58. The van der Waals surface area contributed by atoms with Crippen LogP contribution in [0.2, 0.25) is 0 Å². The van der Waals surface area contributed by atoms with Crippen LogP contribution in [0.15, 0.2) is 107 Å². The zero-order chi connectivity index (χ0) is 28.9. The molecule has 0 bridgehead atoms. The number of methoxy groups -OCH3 is 1. The Morgan fingerprint density at radius 1 is 0.850 bits per heavy atom. The Labute approximate surface area is 232 Å². The second-order valence-corrected chi connectivity index (χ2v) is 12.2. The third-order valence-corrected chi connectivity index (χ3v) is 8.95. The number of carbonyl (C=O) groups excluding carboxylic acids is 1. The standard InChI is InChI=1S/C28H26FN3O6S2/c1-20-8-17-27(38-2)26(18-20)31-39(34,35)24-15-11-22(12-16-24)30-28(33)19-32(23-13-9-21(29)10-14-23)40(36,37)25-6-4-3-5-7-25/h3-18,31H,19H2,1-2H3,(H,30,33). The van der Waals surface area contributed by atoms with Gasteiger partial charge in [0.15, 0.2) is 0 Å². The molecule has 0 aliphatic heterocycles. The number of amides is 1. The van der Waals surface area contributed by atoms with Crippen LogP contribution in [0.25, 0.3) is 0 Å². The van der Waals surface area contributed by atoms with Gasteiger partial charge < -0.3 is 10.1 Å². The molecule has 0 aliphatic carbocycles. The molecule has 0 heterocycles. The molecule has 2 N–H and O–H groups in total. The fourth-order valence-electron chi connectivity index (χ4n) is 3.80. The molecular weight excluding hydrogens is 557 g/mol. The first-order valence-electron chi connectivity index (χ1n) is 11.9. The van der Waals surface area contributed by atoms with Crippen molar-refractivity contribution in [2.75, 3.05) is 28.0 Å². The van der Waals surface area contributed by atoms with E-state index in [4.69, 9.17) is 4.74 Å². The molecule has 0 radical (unpaired) electrons. The van der Waals surface area contributed by atoms with E-state index >= 15 is 0 Å². The molecule has 40 heavy (non-hydrogen) atoms. The van der Waals surface area contributed by atoms with Crippen molar-refractivity contribution >= 4 is 43.0 Å². The molecule has 12 heteroatoms. The summed E-state index contributed by atoms with van der Waals surface area (Å²) in [6, 6.07) is 22.7. The molecule has 4 aromatic carbocycles. The van der Waals surface area contributed by atoms with E-state index in [0.717, 1.165) is 22.0 Å². The number of rotatable bonds is 10. The van der Waals surface area contributed by atoms with Crippen molar-refractivity contribution in [3.63, 3.8) is 0 Å². The fourth-order valence-corrected chi connectivity index (χ4v) is 6.30. The highest BCUT2D eigenvalue weighted by atomic mass is 32.2. The zero-order valence-corrected chi connectivity index (χ0v) is 23.2. The van der Waals surface area contributed by atoms with Gasteiger partial charge in [-0.2, -0.15) is 0 Å². The number of aryl methyl sites for hydroxylation is 1. The summed E-state index contributed by atoms with van der Waals surface area (Å²) in [6.45, 7) is 1.20. The maximum absolute atomic E-state index is 13.5. The molecule has 9 nitrogen and oxygen atoms in total. The summed E-state index contributed by atoms with van der Waals surface area (Å²) in [5, 5.41) is 2.58. The number of halogens is 1. The molecule has 0 saturated heterocycles. The number of nitrogens with zero attached hydrogens (tertiary/aromatic N) is 1. The van der Waals surface area contributed by atoms with Gasteiger partial charge in [0.05, 0.1) is 28.3 Å². The van der Waals surface area contributed by atoms with Crippen LogP contribution in [-0.4, -0.2) is 36.4 Å². The largest absolute Gasteiger partial charge is 0.495 e. The van der Waals surface area contributed by atoms with Crippen molar-refractivity contribution in [2.24, 2.45) is 0 Å². The van der Waals surface area contributed by atoms with Gasteiger partial charge in [-0.05, 0) is 85.3 Å². The van der Waals surface area contributed by atoms with Gasteiger partial charge in [0.1, 0.15) is 18.1 Å². The highest BCUT2D eigenvalue weighted by Crippen LogP contribution is 2.28. The molecule has 4 aromatic rings. The van der Waals surface area contributed by atoms with E-state index in [1.807, 2.05) is 6.92 Å². The monoisotopic (exact) mass is 583 g/mol. The summed E-state index contributed by atoms with van der Waals surface area (Å²) in [7, 11) is -6.71. The zero-order valence-electron chi connectivity index (χ0n) is 21.5. The number of anilines is 3. The first-order valence-corrected chi connectivity index (χ1v) is 14.8. The van der Waals surface area contributed by atoms with Gasteiger partial charge in [-0.25, -0.2) is 21.2 Å². The van der Waals surface area contributed by atoms with Crippen LogP contribution in [-0.2, 0) is 24.8 Å². The molecule has 0 spiro atoms.